The van der Waals surface area contributed by atoms with Gasteiger partial charge in [-0.1, -0.05) is 36.4 Å². The number of carbonyl (C=O) groups is 1. The number of carbonyl (C=O) groups excluding carboxylic acids is 1. The van der Waals surface area contributed by atoms with Gasteiger partial charge < -0.3 is 9.73 Å². The summed E-state index contributed by atoms with van der Waals surface area (Å²) < 4.78 is 7.43. The number of thioether (sulfide) groups is 1. The number of furan rings is 1. The molecule has 8 heteroatoms. The lowest BCUT2D eigenvalue weighted by Gasteiger charge is -2.26. The summed E-state index contributed by atoms with van der Waals surface area (Å²) in [6.45, 7) is 4.86. The highest BCUT2D eigenvalue weighted by Gasteiger charge is 2.20. The zero-order valence-electron chi connectivity index (χ0n) is 17.2. The molecule has 0 unspecified atom stereocenters. The van der Waals surface area contributed by atoms with E-state index in [1.165, 1.54) is 31.0 Å². The van der Waals surface area contributed by atoms with Crippen molar-refractivity contribution in [1.29, 1.82) is 0 Å². The third kappa shape index (κ3) is 5.12. The fourth-order valence-electron chi connectivity index (χ4n) is 3.67. The molecule has 1 atom stereocenters. The molecule has 158 valence electrons. The number of rotatable bonds is 8. The van der Waals surface area contributed by atoms with Crippen molar-refractivity contribution in [2.45, 2.75) is 43.9 Å². The van der Waals surface area contributed by atoms with Crippen molar-refractivity contribution in [2.24, 2.45) is 0 Å². The highest BCUT2D eigenvalue weighted by atomic mass is 32.2. The maximum absolute atomic E-state index is 12.5. The molecule has 4 rings (SSSR count). The van der Waals surface area contributed by atoms with E-state index in [1.54, 1.807) is 6.26 Å². The van der Waals surface area contributed by atoms with Crippen molar-refractivity contribution >= 4 is 17.7 Å². The topological polar surface area (TPSA) is 76.2 Å². The van der Waals surface area contributed by atoms with Gasteiger partial charge in [0, 0.05) is 5.69 Å². The van der Waals surface area contributed by atoms with Gasteiger partial charge in [-0.05, 0) is 57.1 Å². The van der Waals surface area contributed by atoms with E-state index in [2.05, 4.69) is 25.0 Å². The molecule has 0 radical (unpaired) electrons. The predicted molar refractivity (Wildman–Crippen MR) is 116 cm³/mol. The molecule has 1 amide bonds. The van der Waals surface area contributed by atoms with Crippen LogP contribution in [0.4, 0.5) is 0 Å². The van der Waals surface area contributed by atoms with Gasteiger partial charge in [0.1, 0.15) is 5.76 Å². The Morgan fingerprint density at radius 2 is 1.93 bits per heavy atom. The van der Waals surface area contributed by atoms with Crippen molar-refractivity contribution in [3.05, 3.63) is 60.3 Å². The molecule has 1 N–H and O–H groups in total. The Balaban J connectivity index is 1.46. The van der Waals surface area contributed by atoms with E-state index in [-0.39, 0.29) is 17.7 Å². The molecule has 30 heavy (non-hydrogen) atoms. The Morgan fingerprint density at radius 1 is 1.13 bits per heavy atom. The van der Waals surface area contributed by atoms with Crippen molar-refractivity contribution in [3.63, 3.8) is 0 Å². The van der Waals surface area contributed by atoms with Crippen LogP contribution in [0.25, 0.3) is 5.69 Å². The minimum Gasteiger partial charge on any atom is -0.467 e. The molecule has 0 saturated carbocycles. The van der Waals surface area contributed by atoms with Crippen LogP contribution in [0.2, 0.25) is 0 Å². The van der Waals surface area contributed by atoms with E-state index in [9.17, 15) is 4.79 Å². The average Bonchev–Trinajstić information content (AvgIpc) is 3.44. The summed E-state index contributed by atoms with van der Waals surface area (Å²) in [5, 5.41) is 12.6. The number of piperidine rings is 1. The number of para-hydroxylation sites is 1. The van der Waals surface area contributed by atoms with E-state index in [1.807, 2.05) is 49.4 Å². The third-order valence-electron chi connectivity index (χ3n) is 5.21. The smallest absolute Gasteiger partial charge is 0.231 e. The van der Waals surface area contributed by atoms with Crippen LogP contribution in [-0.4, -0.2) is 44.4 Å². The van der Waals surface area contributed by atoms with Gasteiger partial charge in [0.2, 0.25) is 5.91 Å². The first-order valence-electron chi connectivity index (χ1n) is 10.4. The van der Waals surface area contributed by atoms with Crippen LogP contribution in [0.5, 0.6) is 0 Å². The summed E-state index contributed by atoms with van der Waals surface area (Å²) >= 11 is 1.40. The monoisotopic (exact) mass is 425 g/mol. The fraction of sp³-hybridized carbons (Fsp3) is 0.409. The summed E-state index contributed by atoms with van der Waals surface area (Å²) in [6, 6.07) is 13.6. The average molecular weight is 426 g/mol. The summed E-state index contributed by atoms with van der Waals surface area (Å²) in [5.74, 6) is 1.85. The Morgan fingerprint density at radius 3 is 2.67 bits per heavy atom. The summed E-state index contributed by atoms with van der Waals surface area (Å²) in [7, 11) is 0. The van der Waals surface area contributed by atoms with Gasteiger partial charge in [-0.25, -0.2) is 0 Å². The molecule has 0 bridgehead atoms. The second-order valence-corrected chi connectivity index (χ2v) is 8.44. The number of hydrogen-bond donors (Lipinski definition) is 1. The molecule has 3 aromatic rings. The molecule has 1 fully saturated rings. The highest BCUT2D eigenvalue weighted by Crippen LogP contribution is 2.24. The summed E-state index contributed by atoms with van der Waals surface area (Å²) in [6.07, 6.45) is 5.37. The summed E-state index contributed by atoms with van der Waals surface area (Å²) in [4.78, 5) is 14.9. The standard InChI is InChI=1S/C22H27N5O2S/c1-17(19-11-8-14-29-19)23-21(28)16-30-22-25-24-20(15-26-12-6-3-7-13-26)27(22)18-9-4-2-5-10-18/h2,4-5,8-11,14,17H,3,6-7,12-13,15-16H2,1H3,(H,23,28)/t17-/m0/s1. The minimum absolute atomic E-state index is 0.0657. The number of amides is 1. The Labute approximate surface area is 180 Å². The SMILES string of the molecule is C[C@H](NC(=O)CSc1nnc(CN2CCCCC2)n1-c1ccccc1)c1ccco1. The van der Waals surface area contributed by atoms with Gasteiger partial charge in [-0.15, -0.1) is 10.2 Å². The number of nitrogens with zero attached hydrogens (tertiary/aromatic N) is 4. The Bertz CT molecular complexity index is 936. The van der Waals surface area contributed by atoms with E-state index in [0.29, 0.717) is 0 Å². The van der Waals surface area contributed by atoms with Crippen LogP contribution >= 0.6 is 11.8 Å². The largest absolute Gasteiger partial charge is 0.467 e. The third-order valence-corrected chi connectivity index (χ3v) is 6.14. The van der Waals surface area contributed by atoms with Crippen LogP contribution in [0.1, 0.15) is 43.8 Å². The van der Waals surface area contributed by atoms with Gasteiger partial charge in [-0.2, -0.15) is 0 Å². The highest BCUT2D eigenvalue weighted by molar-refractivity contribution is 7.99. The first kappa shape index (κ1) is 20.7. The molecule has 1 aliphatic heterocycles. The summed E-state index contributed by atoms with van der Waals surface area (Å²) in [5.41, 5.74) is 1.02. The second-order valence-electron chi connectivity index (χ2n) is 7.50. The molecule has 7 nitrogen and oxygen atoms in total. The van der Waals surface area contributed by atoms with Crippen LogP contribution < -0.4 is 5.32 Å². The maximum atomic E-state index is 12.5. The van der Waals surface area contributed by atoms with Crippen LogP contribution in [0.3, 0.4) is 0 Å². The minimum atomic E-state index is -0.172. The number of hydrogen-bond acceptors (Lipinski definition) is 6. The lowest BCUT2D eigenvalue weighted by molar-refractivity contribution is -0.119. The lowest BCUT2D eigenvalue weighted by atomic mass is 10.1. The van der Waals surface area contributed by atoms with Gasteiger partial charge in [0.25, 0.3) is 0 Å². The zero-order valence-corrected chi connectivity index (χ0v) is 18.0. The molecular weight excluding hydrogens is 398 g/mol. The number of aromatic nitrogens is 3. The number of benzene rings is 1. The molecule has 0 spiro atoms. The normalized spacial score (nSPS) is 15.8. The lowest BCUT2D eigenvalue weighted by Crippen LogP contribution is -2.30. The first-order chi connectivity index (χ1) is 14.7. The maximum Gasteiger partial charge on any atom is 0.231 e. The molecule has 0 aliphatic carbocycles. The molecule has 1 aliphatic rings. The van der Waals surface area contributed by atoms with E-state index >= 15 is 0 Å². The van der Waals surface area contributed by atoms with Crippen LogP contribution in [-0.2, 0) is 11.3 Å². The molecular formula is C22H27N5O2S. The van der Waals surface area contributed by atoms with Gasteiger partial charge >= 0.3 is 0 Å². The Hall–Kier alpha value is -2.58. The Kier molecular flexibility index (Phi) is 6.86. The number of nitrogens with one attached hydrogen (secondary N) is 1. The molecule has 1 aromatic carbocycles. The van der Waals surface area contributed by atoms with Gasteiger partial charge in [0.05, 0.1) is 24.6 Å². The van der Waals surface area contributed by atoms with E-state index < -0.39 is 0 Å². The predicted octanol–water partition coefficient (Wildman–Crippen LogP) is 3.82. The zero-order chi connectivity index (χ0) is 20.8. The van der Waals surface area contributed by atoms with Gasteiger partial charge in [-0.3, -0.25) is 14.3 Å². The van der Waals surface area contributed by atoms with E-state index in [4.69, 9.17) is 4.42 Å². The first-order valence-corrected chi connectivity index (χ1v) is 11.4. The second kappa shape index (κ2) is 9.95. The van der Waals surface area contributed by atoms with Crippen molar-refractivity contribution in [2.75, 3.05) is 18.8 Å². The van der Waals surface area contributed by atoms with Crippen LogP contribution in [0.15, 0.2) is 58.3 Å². The quantitative estimate of drug-likeness (QED) is 0.553. The van der Waals surface area contributed by atoms with Crippen molar-refractivity contribution in [1.82, 2.24) is 25.0 Å². The van der Waals surface area contributed by atoms with Crippen molar-refractivity contribution in [3.8, 4) is 5.69 Å². The van der Waals surface area contributed by atoms with Gasteiger partial charge in [0.15, 0.2) is 11.0 Å². The number of likely N-dealkylation sites (tertiary alicyclic amines) is 1. The molecule has 2 aromatic heterocycles. The fourth-order valence-corrected chi connectivity index (χ4v) is 4.45. The molecule has 3 heterocycles. The van der Waals surface area contributed by atoms with Crippen molar-refractivity contribution < 1.29 is 9.21 Å². The van der Waals surface area contributed by atoms with Crippen LogP contribution in [0, 0.1) is 0 Å². The molecule has 1 saturated heterocycles. The van der Waals surface area contributed by atoms with E-state index in [0.717, 1.165) is 42.1 Å².